The van der Waals surface area contributed by atoms with E-state index in [-0.39, 0.29) is 24.5 Å². The second kappa shape index (κ2) is 11.1. The van der Waals surface area contributed by atoms with Crippen molar-refractivity contribution in [3.63, 3.8) is 0 Å². The van der Waals surface area contributed by atoms with Crippen LogP contribution in [0.2, 0.25) is 0 Å². The molecule has 1 heterocycles. The van der Waals surface area contributed by atoms with Crippen LogP contribution >= 0.6 is 0 Å². The number of aromatic nitrogens is 1. The fraction of sp³-hybridized carbons (Fsp3) is 0.370. The van der Waals surface area contributed by atoms with Crippen LogP contribution in [0.5, 0.6) is 0 Å². The molecule has 0 spiro atoms. The lowest BCUT2D eigenvalue weighted by molar-refractivity contribution is -0.143. The number of alkyl halides is 6. The Morgan fingerprint density at radius 1 is 0.895 bits per heavy atom. The van der Waals surface area contributed by atoms with Gasteiger partial charge in [0.1, 0.15) is 5.82 Å². The maximum atomic E-state index is 13.4. The second-order valence-electron chi connectivity index (χ2n) is 9.40. The standard InChI is InChI=1S/C27H26F7N3O/c28-21-10-8-18(9-11-21)16-36-12-4-7-24(36)17-37(23-5-2-1-3-6-23)25(38)35-22-14-19(26(29,30)31)13-20(15-22)27(32,33)34/h4,7-15,23H,1-3,5-6,16-17H2,(H,35,38). The number of rotatable bonds is 6. The maximum Gasteiger partial charge on any atom is 0.416 e. The number of anilines is 1. The lowest BCUT2D eigenvalue weighted by atomic mass is 9.94. The first-order valence-electron chi connectivity index (χ1n) is 12.2. The molecule has 0 unspecified atom stereocenters. The van der Waals surface area contributed by atoms with Gasteiger partial charge in [0.15, 0.2) is 0 Å². The summed E-state index contributed by atoms with van der Waals surface area (Å²) in [4.78, 5) is 14.8. The number of halogens is 7. The molecular formula is C27H26F7N3O. The molecule has 1 aromatic heterocycles. The molecule has 0 atom stereocenters. The summed E-state index contributed by atoms with van der Waals surface area (Å²) in [6.45, 7) is 0.487. The van der Waals surface area contributed by atoms with Crippen molar-refractivity contribution in [2.75, 3.05) is 5.32 Å². The third kappa shape index (κ3) is 6.87. The van der Waals surface area contributed by atoms with Crippen LogP contribution in [0.4, 0.5) is 41.2 Å². The lowest BCUT2D eigenvalue weighted by Crippen LogP contribution is -2.43. The van der Waals surface area contributed by atoms with E-state index in [9.17, 15) is 35.5 Å². The number of hydrogen-bond donors (Lipinski definition) is 1. The largest absolute Gasteiger partial charge is 0.416 e. The van der Waals surface area contributed by atoms with Gasteiger partial charge >= 0.3 is 18.4 Å². The van der Waals surface area contributed by atoms with Crippen molar-refractivity contribution in [1.29, 1.82) is 0 Å². The van der Waals surface area contributed by atoms with E-state index >= 15 is 0 Å². The topological polar surface area (TPSA) is 37.3 Å². The van der Waals surface area contributed by atoms with Crippen LogP contribution < -0.4 is 5.32 Å². The van der Waals surface area contributed by atoms with Gasteiger partial charge in [-0.3, -0.25) is 0 Å². The Bertz CT molecular complexity index is 1210. The summed E-state index contributed by atoms with van der Waals surface area (Å²) in [6, 6.07) is 9.54. The van der Waals surface area contributed by atoms with Crippen LogP contribution in [-0.2, 0) is 25.4 Å². The fourth-order valence-electron chi connectivity index (χ4n) is 4.69. The fourth-order valence-corrected chi connectivity index (χ4v) is 4.69. The molecule has 11 heteroatoms. The minimum absolute atomic E-state index is 0.0247. The van der Waals surface area contributed by atoms with Crippen molar-refractivity contribution >= 4 is 11.7 Å². The van der Waals surface area contributed by atoms with Gasteiger partial charge in [-0.05, 0) is 60.9 Å². The van der Waals surface area contributed by atoms with Gasteiger partial charge in [-0.1, -0.05) is 31.4 Å². The first-order chi connectivity index (χ1) is 17.9. The highest BCUT2D eigenvalue weighted by molar-refractivity contribution is 5.89. The van der Waals surface area contributed by atoms with Crippen LogP contribution in [-0.4, -0.2) is 21.5 Å². The molecule has 3 aromatic rings. The SMILES string of the molecule is O=C(Nc1cc(C(F)(F)F)cc(C(F)(F)F)c1)N(Cc1cccn1Cc1ccc(F)cc1)C1CCCCC1. The molecule has 1 N–H and O–H groups in total. The molecule has 0 aliphatic heterocycles. The normalized spacial score (nSPS) is 14.9. The third-order valence-corrected chi connectivity index (χ3v) is 6.64. The summed E-state index contributed by atoms with van der Waals surface area (Å²) in [7, 11) is 0. The van der Waals surface area contributed by atoms with Crippen LogP contribution in [0, 0.1) is 5.82 Å². The summed E-state index contributed by atoms with van der Waals surface area (Å²) >= 11 is 0. The molecule has 1 aliphatic carbocycles. The molecule has 204 valence electrons. The lowest BCUT2D eigenvalue weighted by Gasteiger charge is -2.34. The first kappa shape index (κ1) is 27.5. The molecule has 2 aromatic carbocycles. The van der Waals surface area contributed by atoms with Gasteiger partial charge in [0.2, 0.25) is 0 Å². The summed E-state index contributed by atoms with van der Waals surface area (Å²) in [5.41, 5.74) is -2.05. The summed E-state index contributed by atoms with van der Waals surface area (Å²) in [6.07, 6.45) is -4.23. The number of carbonyl (C=O) groups is 1. The van der Waals surface area contributed by atoms with Crippen molar-refractivity contribution in [2.24, 2.45) is 0 Å². The van der Waals surface area contributed by atoms with Gasteiger partial charge in [-0.15, -0.1) is 0 Å². The molecule has 0 saturated heterocycles. The highest BCUT2D eigenvalue weighted by Crippen LogP contribution is 2.38. The van der Waals surface area contributed by atoms with Gasteiger partial charge in [-0.2, -0.15) is 26.3 Å². The number of amides is 2. The Morgan fingerprint density at radius 3 is 2.08 bits per heavy atom. The zero-order chi connectivity index (χ0) is 27.5. The highest BCUT2D eigenvalue weighted by atomic mass is 19.4. The van der Waals surface area contributed by atoms with E-state index in [0.717, 1.165) is 30.5 Å². The predicted octanol–water partition coefficient (Wildman–Crippen LogP) is 8.08. The first-order valence-corrected chi connectivity index (χ1v) is 12.2. The number of carbonyl (C=O) groups excluding carboxylic acids is 1. The van der Waals surface area contributed by atoms with Gasteiger partial charge in [0.25, 0.3) is 0 Å². The molecule has 2 amide bonds. The van der Waals surface area contributed by atoms with Crippen molar-refractivity contribution in [3.05, 3.63) is 89.0 Å². The van der Waals surface area contributed by atoms with Crippen molar-refractivity contribution in [2.45, 2.75) is 63.6 Å². The van der Waals surface area contributed by atoms with E-state index in [1.54, 1.807) is 30.5 Å². The zero-order valence-corrected chi connectivity index (χ0v) is 20.2. The molecule has 38 heavy (non-hydrogen) atoms. The number of nitrogens with one attached hydrogen (secondary N) is 1. The Labute approximate surface area is 215 Å². The molecular weight excluding hydrogens is 515 g/mol. The van der Waals surface area contributed by atoms with E-state index in [0.29, 0.717) is 31.5 Å². The minimum Gasteiger partial charge on any atom is -0.345 e. The van der Waals surface area contributed by atoms with Crippen molar-refractivity contribution in [1.82, 2.24) is 9.47 Å². The van der Waals surface area contributed by atoms with Gasteiger partial charge in [-0.25, -0.2) is 9.18 Å². The van der Waals surface area contributed by atoms with E-state index in [2.05, 4.69) is 5.32 Å². The Balaban J connectivity index is 1.60. The maximum absolute atomic E-state index is 13.4. The zero-order valence-electron chi connectivity index (χ0n) is 20.2. The van der Waals surface area contributed by atoms with Crippen LogP contribution in [0.15, 0.2) is 60.8 Å². The number of nitrogens with zero attached hydrogens (tertiary/aromatic N) is 2. The summed E-state index contributed by atoms with van der Waals surface area (Å²) < 4.78 is 95.0. The molecule has 4 rings (SSSR count). The molecule has 0 radical (unpaired) electrons. The molecule has 1 fully saturated rings. The number of hydrogen-bond acceptors (Lipinski definition) is 1. The number of benzene rings is 2. The van der Waals surface area contributed by atoms with Crippen molar-refractivity contribution < 1.29 is 35.5 Å². The van der Waals surface area contributed by atoms with Crippen LogP contribution in [0.25, 0.3) is 0 Å². The average Bonchev–Trinajstić information content (AvgIpc) is 3.29. The molecule has 1 aliphatic rings. The Kier molecular flexibility index (Phi) is 8.03. The van der Waals surface area contributed by atoms with E-state index in [4.69, 9.17) is 0 Å². The highest BCUT2D eigenvalue weighted by Gasteiger charge is 2.37. The average molecular weight is 542 g/mol. The van der Waals surface area contributed by atoms with E-state index in [1.165, 1.54) is 17.0 Å². The number of urea groups is 1. The molecule has 4 nitrogen and oxygen atoms in total. The van der Waals surface area contributed by atoms with Crippen molar-refractivity contribution in [3.8, 4) is 0 Å². The monoisotopic (exact) mass is 541 g/mol. The van der Waals surface area contributed by atoms with Gasteiger partial charge in [0.05, 0.1) is 17.7 Å². The summed E-state index contributed by atoms with van der Waals surface area (Å²) in [5.74, 6) is -0.370. The van der Waals surface area contributed by atoms with E-state index < -0.39 is 35.2 Å². The Hall–Kier alpha value is -3.50. The third-order valence-electron chi connectivity index (χ3n) is 6.64. The van der Waals surface area contributed by atoms with E-state index in [1.807, 2.05) is 4.57 Å². The van der Waals surface area contributed by atoms with Gasteiger partial charge < -0.3 is 14.8 Å². The molecule has 0 bridgehead atoms. The Morgan fingerprint density at radius 2 is 1.50 bits per heavy atom. The summed E-state index contributed by atoms with van der Waals surface area (Å²) in [5, 5.41) is 2.29. The quantitative estimate of drug-likeness (QED) is 0.315. The molecule has 1 saturated carbocycles. The van der Waals surface area contributed by atoms with Crippen LogP contribution in [0.1, 0.15) is 54.5 Å². The minimum atomic E-state index is -5.02. The smallest absolute Gasteiger partial charge is 0.345 e. The second-order valence-corrected chi connectivity index (χ2v) is 9.40. The van der Waals surface area contributed by atoms with Crippen LogP contribution in [0.3, 0.4) is 0 Å². The predicted molar refractivity (Wildman–Crippen MR) is 128 cm³/mol. The van der Waals surface area contributed by atoms with Gasteiger partial charge in [0, 0.05) is 30.2 Å².